The highest BCUT2D eigenvalue weighted by molar-refractivity contribution is 8.11. The molecule has 1 aromatic heterocycles. The van der Waals surface area contributed by atoms with Crippen LogP contribution in [0.25, 0.3) is 0 Å². The average molecular weight is 184 g/mol. The van der Waals surface area contributed by atoms with Gasteiger partial charge in [0.1, 0.15) is 4.32 Å². The molecule has 0 amide bonds. The topological polar surface area (TPSA) is 16.1 Å². The molecular formula is C7H8N2S2. The van der Waals surface area contributed by atoms with Crippen molar-refractivity contribution < 1.29 is 0 Å². The van der Waals surface area contributed by atoms with Crippen LogP contribution in [0, 0.1) is 0 Å². The molecule has 0 aliphatic heterocycles. The summed E-state index contributed by atoms with van der Waals surface area (Å²) in [7, 11) is 1.85. The number of hydrogen-bond donors (Lipinski definition) is 1. The van der Waals surface area contributed by atoms with Gasteiger partial charge in [-0.2, -0.15) is 0 Å². The van der Waals surface area contributed by atoms with Crippen molar-refractivity contribution in [3.8, 4) is 0 Å². The highest BCUT2D eigenvalue weighted by Crippen LogP contribution is 2.10. The van der Waals surface area contributed by atoms with Crippen LogP contribution in [0.15, 0.2) is 24.5 Å². The van der Waals surface area contributed by atoms with E-state index in [2.05, 4.69) is 17.6 Å². The molecule has 2 nitrogen and oxygen atoms in total. The van der Waals surface area contributed by atoms with Crippen molar-refractivity contribution in [1.29, 1.82) is 0 Å². The Bertz CT molecular complexity index is 248. The second-order valence-corrected chi connectivity index (χ2v) is 3.17. The number of pyridine rings is 1. The maximum atomic E-state index is 4.86. The van der Waals surface area contributed by atoms with E-state index in [4.69, 9.17) is 12.2 Å². The largest absolute Gasteiger partial charge is 0.329 e. The first kappa shape index (κ1) is 8.49. The van der Waals surface area contributed by atoms with Gasteiger partial charge in [0.15, 0.2) is 0 Å². The number of hydrogen-bond acceptors (Lipinski definition) is 2. The summed E-state index contributed by atoms with van der Waals surface area (Å²) in [5.41, 5.74) is 0.951. The lowest BCUT2D eigenvalue weighted by Crippen LogP contribution is -2.19. The van der Waals surface area contributed by atoms with Gasteiger partial charge < -0.3 is 4.90 Å². The van der Waals surface area contributed by atoms with Crippen molar-refractivity contribution >= 4 is 34.9 Å². The number of thiol groups is 1. The Morgan fingerprint density at radius 2 is 2.45 bits per heavy atom. The lowest BCUT2D eigenvalue weighted by molar-refractivity contribution is 1.24. The number of anilines is 1. The van der Waals surface area contributed by atoms with E-state index in [0.717, 1.165) is 5.69 Å². The Morgan fingerprint density at radius 3 is 2.91 bits per heavy atom. The first-order valence-corrected chi connectivity index (χ1v) is 3.94. The van der Waals surface area contributed by atoms with E-state index in [1.54, 1.807) is 17.3 Å². The van der Waals surface area contributed by atoms with E-state index in [9.17, 15) is 0 Å². The van der Waals surface area contributed by atoms with Crippen LogP contribution in [0.2, 0.25) is 0 Å². The number of thiocarbonyl (C=S) groups is 1. The SMILES string of the molecule is CN(C(=S)S)c1cccnc1. The van der Waals surface area contributed by atoms with Crippen molar-refractivity contribution in [2.45, 2.75) is 0 Å². The summed E-state index contributed by atoms with van der Waals surface area (Å²) in [5, 5.41) is 0. The summed E-state index contributed by atoms with van der Waals surface area (Å²) in [6, 6.07) is 3.79. The molecule has 0 unspecified atom stereocenters. The Kier molecular flexibility index (Phi) is 2.84. The summed E-state index contributed by atoms with van der Waals surface area (Å²) >= 11 is 8.90. The Labute approximate surface area is 76.7 Å². The second-order valence-electron chi connectivity index (χ2n) is 2.05. The predicted octanol–water partition coefficient (Wildman–Crippen LogP) is 1.73. The number of rotatable bonds is 1. The fourth-order valence-corrected chi connectivity index (χ4v) is 0.883. The zero-order valence-electron chi connectivity index (χ0n) is 6.06. The molecule has 1 heterocycles. The fraction of sp³-hybridized carbons (Fsp3) is 0.143. The highest BCUT2D eigenvalue weighted by Gasteiger charge is 2.00. The average Bonchev–Trinajstić information content (AvgIpc) is 2.05. The third-order valence-electron chi connectivity index (χ3n) is 1.32. The summed E-state index contributed by atoms with van der Waals surface area (Å²) < 4.78 is 0.540. The van der Waals surface area contributed by atoms with E-state index in [1.165, 1.54) is 0 Å². The zero-order valence-corrected chi connectivity index (χ0v) is 7.77. The Balaban J connectivity index is 2.85. The van der Waals surface area contributed by atoms with Gasteiger partial charge in [-0.25, -0.2) is 0 Å². The van der Waals surface area contributed by atoms with Crippen LogP contribution in [0.3, 0.4) is 0 Å². The lowest BCUT2D eigenvalue weighted by Gasteiger charge is -2.15. The zero-order chi connectivity index (χ0) is 8.27. The minimum absolute atomic E-state index is 0.540. The van der Waals surface area contributed by atoms with Gasteiger partial charge in [0, 0.05) is 13.2 Å². The first-order chi connectivity index (χ1) is 5.22. The lowest BCUT2D eigenvalue weighted by atomic mass is 10.4. The molecule has 0 atom stereocenters. The van der Waals surface area contributed by atoms with Gasteiger partial charge in [0.2, 0.25) is 0 Å². The minimum atomic E-state index is 0.540. The van der Waals surface area contributed by atoms with Crippen LogP contribution in [0.4, 0.5) is 5.69 Å². The van der Waals surface area contributed by atoms with E-state index in [-0.39, 0.29) is 0 Å². The van der Waals surface area contributed by atoms with E-state index < -0.39 is 0 Å². The van der Waals surface area contributed by atoms with Gasteiger partial charge in [-0.15, -0.1) is 12.6 Å². The van der Waals surface area contributed by atoms with Gasteiger partial charge >= 0.3 is 0 Å². The Morgan fingerprint density at radius 1 is 1.73 bits per heavy atom. The van der Waals surface area contributed by atoms with Gasteiger partial charge in [-0.1, -0.05) is 12.2 Å². The molecule has 0 fully saturated rings. The molecule has 0 bridgehead atoms. The maximum Gasteiger partial charge on any atom is 0.137 e. The maximum absolute atomic E-state index is 4.86. The normalized spacial score (nSPS) is 9.27. The van der Waals surface area contributed by atoms with Crippen molar-refractivity contribution in [2.24, 2.45) is 0 Å². The van der Waals surface area contributed by atoms with Crippen LogP contribution in [-0.2, 0) is 0 Å². The Hall–Kier alpha value is -0.610. The molecule has 0 aliphatic rings. The molecule has 0 aliphatic carbocycles. The monoisotopic (exact) mass is 184 g/mol. The molecule has 4 heteroatoms. The third-order valence-corrected chi connectivity index (χ3v) is 1.89. The predicted molar refractivity (Wildman–Crippen MR) is 54.2 cm³/mol. The molecule has 0 N–H and O–H groups in total. The summed E-state index contributed by atoms with van der Waals surface area (Å²) in [4.78, 5) is 5.74. The van der Waals surface area contributed by atoms with Gasteiger partial charge in [-0.3, -0.25) is 4.98 Å². The number of nitrogens with zero attached hydrogens (tertiary/aromatic N) is 2. The fourth-order valence-electron chi connectivity index (χ4n) is 0.663. The summed E-state index contributed by atoms with van der Waals surface area (Å²) in [6.07, 6.45) is 3.46. The van der Waals surface area contributed by atoms with E-state index >= 15 is 0 Å². The van der Waals surface area contributed by atoms with Crippen molar-refractivity contribution in [3.63, 3.8) is 0 Å². The molecule has 0 saturated heterocycles. The molecule has 11 heavy (non-hydrogen) atoms. The van der Waals surface area contributed by atoms with Gasteiger partial charge in [0.25, 0.3) is 0 Å². The molecule has 1 aromatic rings. The quantitative estimate of drug-likeness (QED) is 0.529. The van der Waals surface area contributed by atoms with Gasteiger partial charge in [0.05, 0.1) is 11.9 Å². The molecule has 0 aromatic carbocycles. The molecule has 0 saturated carbocycles. The highest BCUT2D eigenvalue weighted by atomic mass is 32.1. The molecular weight excluding hydrogens is 176 g/mol. The van der Waals surface area contributed by atoms with Crippen LogP contribution in [0.5, 0.6) is 0 Å². The van der Waals surface area contributed by atoms with Crippen LogP contribution in [0.1, 0.15) is 0 Å². The van der Waals surface area contributed by atoms with Crippen LogP contribution < -0.4 is 4.90 Å². The van der Waals surface area contributed by atoms with E-state index in [0.29, 0.717) is 4.32 Å². The minimum Gasteiger partial charge on any atom is -0.329 e. The molecule has 1 rings (SSSR count). The molecule has 58 valence electrons. The van der Waals surface area contributed by atoms with Gasteiger partial charge in [-0.05, 0) is 12.1 Å². The number of aromatic nitrogens is 1. The molecule has 0 spiro atoms. The van der Waals surface area contributed by atoms with Crippen LogP contribution >= 0.6 is 24.8 Å². The second kappa shape index (κ2) is 3.69. The summed E-state index contributed by atoms with van der Waals surface area (Å²) in [6.45, 7) is 0. The summed E-state index contributed by atoms with van der Waals surface area (Å²) in [5.74, 6) is 0. The van der Waals surface area contributed by atoms with Crippen molar-refractivity contribution in [1.82, 2.24) is 4.98 Å². The van der Waals surface area contributed by atoms with Crippen molar-refractivity contribution in [2.75, 3.05) is 11.9 Å². The first-order valence-electron chi connectivity index (χ1n) is 3.08. The van der Waals surface area contributed by atoms with E-state index in [1.807, 2.05) is 19.2 Å². The van der Waals surface area contributed by atoms with Crippen molar-refractivity contribution in [3.05, 3.63) is 24.5 Å². The third kappa shape index (κ3) is 2.17. The van der Waals surface area contributed by atoms with Crippen LogP contribution in [-0.4, -0.2) is 16.4 Å². The smallest absolute Gasteiger partial charge is 0.137 e. The standard InChI is InChI=1S/C7H8N2S2/c1-9(7(10)11)6-3-2-4-8-5-6/h2-5H,1H3,(H,10,11). The molecule has 0 radical (unpaired) electrons.